The van der Waals surface area contributed by atoms with Gasteiger partial charge < -0.3 is 20.3 Å². The van der Waals surface area contributed by atoms with Gasteiger partial charge >= 0.3 is 6.03 Å². The van der Waals surface area contributed by atoms with E-state index >= 15 is 0 Å². The average Bonchev–Trinajstić information content (AvgIpc) is 2.80. The maximum Gasteiger partial charge on any atom is 0.314 e. The van der Waals surface area contributed by atoms with Crippen LogP contribution in [-0.2, 0) is 4.79 Å². The molecule has 1 unspecified atom stereocenters. The first-order chi connectivity index (χ1) is 9.63. The van der Waals surface area contributed by atoms with Crippen LogP contribution in [0.5, 0.6) is 5.75 Å². The van der Waals surface area contributed by atoms with Crippen LogP contribution >= 0.6 is 0 Å². The highest BCUT2D eigenvalue weighted by Gasteiger charge is 2.31. The lowest BCUT2D eigenvalue weighted by molar-refractivity contribution is -0.117. The maximum absolute atomic E-state index is 12.0. The van der Waals surface area contributed by atoms with E-state index in [9.17, 15) is 9.59 Å². The molecule has 1 aromatic carbocycles. The Kier molecular flexibility index (Phi) is 4.45. The molecule has 3 amide bonds. The number of nitrogens with one attached hydrogen (secondary N) is 2. The molecule has 1 aromatic rings. The number of carbonyl (C=O) groups excluding carboxylic acids is 2. The smallest absolute Gasteiger partial charge is 0.314 e. The predicted octanol–water partition coefficient (Wildman–Crippen LogP) is 1.12. The van der Waals surface area contributed by atoms with Crippen molar-refractivity contribution in [2.24, 2.45) is 0 Å². The van der Waals surface area contributed by atoms with Gasteiger partial charge in [0.1, 0.15) is 5.75 Å². The number of benzene rings is 1. The highest BCUT2D eigenvalue weighted by Crippen LogP contribution is 2.24. The van der Waals surface area contributed by atoms with E-state index in [0.717, 1.165) is 11.4 Å². The molecule has 0 saturated carbocycles. The first kappa shape index (κ1) is 14.2. The largest absolute Gasteiger partial charge is 0.494 e. The van der Waals surface area contributed by atoms with Gasteiger partial charge in [0.25, 0.3) is 0 Å². The number of anilines is 1. The molecule has 0 bridgehead atoms. The molecular formula is C14H19N3O3. The minimum Gasteiger partial charge on any atom is -0.494 e. The van der Waals surface area contributed by atoms with Gasteiger partial charge in [0.2, 0.25) is 5.91 Å². The summed E-state index contributed by atoms with van der Waals surface area (Å²) in [6.45, 7) is 3.02. The summed E-state index contributed by atoms with van der Waals surface area (Å²) in [6.07, 6.45) is 0.320. The van der Waals surface area contributed by atoms with Gasteiger partial charge in [0.15, 0.2) is 0 Å². The fourth-order valence-corrected chi connectivity index (χ4v) is 2.20. The molecular weight excluding hydrogens is 258 g/mol. The van der Waals surface area contributed by atoms with Crippen LogP contribution in [-0.4, -0.2) is 38.2 Å². The van der Waals surface area contributed by atoms with Crippen molar-refractivity contribution in [3.63, 3.8) is 0 Å². The second-order valence-corrected chi connectivity index (χ2v) is 4.56. The Morgan fingerprint density at radius 3 is 2.70 bits per heavy atom. The zero-order valence-corrected chi connectivity index (χ0v) is 11.7. The van der Waals surface area contributed by atoms with Gasteiger partial charge in [-0.1, -0.05) is 0 Å². The average molecular weight is 277 g/mol. The van der Waals surface area contributed by atoms with E-state index in [4.69, 9.17) is 4.74 Å². The van der Waals surface area contributed by atoms with Crippen molar-refractivity contribution in [3.8, 4) is 5.75 Å². The van der Waals surface area contributed by atoms with Crippen LogP contribution in [0.3, 0.4) is 0 Å². The first-order valence-electron chi connectivity index (χ1n) is 6.65. The number of rotatable bonds is 4. The summed E-state index contributed by atoms with van der Waals surface area (Å²) in [5.41, 5.74) is 0.819. The molecule has 2 rings (SSSR count). The Hall–Kier alpha value is -2.24. The van der Waals surface area contributed by atoms with Gasteiger partial charge in [-0.15, -0.1) is 0 Å². The van der Waals surface area contributed by atoms with Gasteiger partial charge in [-0.2, -0.15) is 0 Å². The molecule has 2 N–H and O–H groups in total. The van der Waals surface area contributed by atoms with E-state index in [-0.39, 0.29) is 18.0 Å². The van der Waals surface area contributed by atoms with E-state index in [1.807, 2.05) is 31.2 Å². The minimum atomic E-state index is -0.267. The molecule has 108 valence electrons. The van der Waals surface area contributed by atoms with Crippen molar-refractivity contribution in [2.75, 3.05) is 25.1 Å². The summed E-state index contributed by atoms with van der Waals surface area (Å²) in [6, 6.07) is 6.96. The van der Waals surface area contributed by atoms with Crippen molar-refractivity contribution in [2.45, 2.75) is 19.4 Å². The van der Waals surface area contributed by atoms with Crippen molar-refractivity contribution >= 4 is 17.6 Å². The van der Waals surface area contributed by atoms with Crippen LogP contribution in [0, 0.1) is 0 Å². The zero-order chi connectivity index (χ0) is 14.5. The van der Waals surface area contributed by atoms with Crippen LogP contribution in [0.2, 0.25) is 0 Å². The van der Waals surface area contributed by atoms with E-state index in [2.05, 4.69) is 10.6 Å². The van der Waals surface area contributed by atoms with Gasteiger partial charge in [-0.25, -0.2) is 4.79 Å². The van der Waals surface area contributed by atoms with Crippen molar-refractivity contribution in [1.82, 2.24) is 10.6 Å². The lowest BCUT2D eigenvalue weighted by Gasteiger charge is -2.17. The van der Waals surface area contributed by atoms with Gasteiger partial charge in [0.05, 0.1) is 12.6 Å². The van der Waals surface area contributed by atoms with Gasteiger partial charge in [0, 0.05) is 25.7 Å². The standard InChI is InChI=1S/C14H19N3O3/c1-3-20-12-6-4-11(5-7-12)17-9-10(8-13(17)18)16-14(19)15-2/h4-7,10H,3,8-9H2,1-2H3,(H2,15,16,19). The summed E-state index contributed by atoms with van der Waals surface area (Å²) in [5.74, 6) is 0.790. The molecule has 0 radical (unpaired) electrons. The quantitative estimate of drug-likeness (QED) is 0.866. The molecule has 0 spiro atoms. The molecule has 1 aliphatic rings. The van der Waals surface area contributed by atoms with Crippen LogP contribution in [0.15, 0.2) is 24.3 Å². The van der Waals surface area contributed by atoms with Crippen molar-refractivity contribution in [1.29, 1.82) is 0 Å². The molecule has 0 aromatic heterocycles. The second kappa shape index (κ2) is 6.27. The minimum absolute atomic E-state index is 0.00978. The number of hydrogen-bond donors (Lipinski definition) is 2. The van der Waals surface area contributed by atoms with Crippen LogP contribution in [0.4, 0.5) is 10.5 Å². The molecule has 1 heterocycles. The van der Waals surface area contributed by atoms with Gasteiger partial charge in [-0.3, -0.25) is 4.79 Å². The number of amides is 3. The number of nitrogens with zero attached hydrogens (tertiary/aromatic N) is 1. The monoisotopic (exact) mass is 277 g/mol. The molecule has 1 saturated heterocycles. The lowest BCUT2D eigenvalue weighted by atomic mass is 10.2. The summed E-state index contributed by atoms with van der Waals surface area (Å²) < 4.78 is 5.37. The first-order valence-corrected chi connectivity index (χ1v) is 6.65. The summed E-state index contributed by atoms with van der Waals surface area (Å²) in [5, 5.41) is 5.24. The third-order valence-electron chi connectivity index (χ3n) is 3.15. The van der Waals surface area contributed by atoms with Crippen molar-refractivity contribution < 1.29 is 14.3 Å². The molecule has 0 aliphatic carbocycles. The highest BCUT2D eigenvalue weighted by atomic mass is 16.5. The van der Waals surface area contributed by atoms with E-state index in [0.29, 0.717) is 19.6 Å². The van der Waals surface area contributed by atoms with Crippen LogP contribution < -0.4 is 20.3 Å². The SMILES string of the molecule is CCOc1ccc(N2CC(NC(=O)NC)CC2=O)cc1. The molecule has 20 heavy (non-hydrogen) atoms. The third kappa shape index (κ3) is 3.20. The topological polar surface area (TPSA) is 70.7 Å². The second-order valence-electron chi connectivity index (χ2n) is 4.56. The Morgan fingerprint density at radius 2 is 2.10 bits per heavy atom. The lowest BCUT2D eigenvalue weighted by Crippen LogP contribution is -2.41. The van der Waals surface area contributed by atoms with Crippen LogP contribution in [0.25, 0.3) is 0 Å². The van der Waals surface area contributed by atoms with E-state index in [1.54, 1.807) is 11.9 Å². The summed E-state index contributed by atoms with van der Waals surface area (Å²) >= 11 is 0. The fraction of sp³-hybridized carbons (Fsp3) is 0.429. The number of hydrogen-bond acceptors (Lipinski definition) is 3. The number of carbonyl (C=O) groups is 2. The number of urea groups is 1. The predicted molar refractivity (Wildman–Crippen MR) is 76.0 cm³/mol. The zero-order valence-electron chi connectivity index (χ0n) is 11.7. The highest BCUT2D eigenvalue weighted by molar-refractivity contribution is 5.96. The molecule has 6 heteroatoms. The Bertz CT molecular complexity index is 487. The van der Waals surface area contributed by atoms with E-state index in [1.165, 1.54) is 0 Å². The molecule has 1 atom stereocenters. The fourth-order valence-electron chi connectivity index (χ4n) is 2.20. The van der Waals surface area contributed by atoms with E-state index < -0.39 is 0 Å². The summed E-state index contributed by atoms with van der Waals surface area (Å²) in [4.78, 5) is 24.9. The third-order valence-corrected chi connectivity index (χ3v) is 3.15. The van der Waals surface area contributed by atoms with Crippen molar-refractivity contribution in [3.05, 3.63) is 24.3 Å². The summed E-state index contributed by atoms with van der Waals surface area (Å²) in [7, 11) is 1.55. The molecule has 1 fully saturated rings. The Balaban J connectivity index is 2.02. The molecule has 6 nitrogen and oxygen atoms in total. The number of ether oxygens (including phenoxy) is 1. The maximum atomic E-state index is 12.0. The van der Waals surface area contributed by atoms with Crippen LogP contribution in [0.1, 0.15) is 13.3 Å². The van der Waals surface area contributed by atoms with Gasteiger partial charge in [-0.05, 0) is 31.2 Å². The Labute approximate surface area is 118 Å². The molecule has 1 aliphatic heterocycles. The normalized spacial score (nSPS) is 18.0. The Morgan fingerprint density at radius 1 is 1.40 bits per heavy atom.